The van der Waals surface area contributed by atoms with Crippen LogP contribution >= 0.6 is 0 Å². The van der Waals surface area contributed by atoms with Gasteiger partial charge in [0.25, 0.3) is 0 Å². The molecule has 0 fully saturated rings. The first-order valence-electron chi connectivity index (χ1n) is 4.77. The van der Waals surface area contributed by atoms with E-state index in [1.807, 2.05) is 18.2 Å². The molecule has 1 atom stereocenters. The van der Waals surface area contributed by atoms with E-state index in [0.717, 1.165) is 6.54 Å². The molecule has 1 aromatic rings. The normalized spacial score (nSPS) is 15.5. The van der Waals surface area contributed by atoms with Crippen LogP contribution in [-0.2, 0) is 5.54 Å². The summed E-state index contributed by atoms with van der Waals surface area (Å²) in [5.41, 5.74) is 3.95. The number of hydrogen-bond acceptors (Lipinski definition) is 3. The maximum absolute atomic E-state index is 5.41. The van der Waals surface area contributed by atoms with Gasteiger partial charge in [0.15, 0.2) is 0 Å². The molecule has 0 aliphatic rings. The van der Waals surface area contributed by atoms with Gasteiger partial charge in [-0.05, 0) is 26.6 Å². The number of nitrogens with zero attached hydrogens (tertiary/aromatic N) is 1. The average Bonchev–Trinajstić information content (AvgIpc) is 2.19. The van der Waals surface area contributed by atoms with Gasteiger partial charge < -0.3 is 0 Å². The Morgan fingerprint density at radius 1 is 1.29 bits per heavy atom. The molecule has 14 heavy (non-hydrogen) atoms. The van der Waals surface area contributed by atoms with Crippen molar-refractivity contribution < 1.29 is 0 Å². The van der Waals surface area contributed by atoms with Gasteiger partial charge >= 0.3 is 0 Å². The molecule has 0 saturated carbocycles. The van der Waals surface area contributed by atoms with E-state index in [1.165, 1.54) is 5.56 Å². The lowest BCUT2D eigenvalue weighted by atomic mass is 9.91. The second-order valence-corrected chi connectivity index (χ2v) is 3.92. The molecule has 1 unspecified atom stereocenters. The van der Waals surface area contributed by atoms with Crippen LogP contribution in [0.25, 0.3) is 0 Å². The van der Waals surface area contributed by atoms with E-state index in [1.54, 1.807) is 0 Å². The number of nitrogens with two attached hydrogens (primary N) is 1. The summed E-state index contributed by atoms with van der Waals surface area (Å²) < 4.78 is 0. The highest BCUT2D eigenvalue weighted by Gasteiger charge is 2.27. The Kier molecular flexibility index (Phi) is 3.63. The fraction of sp³-hybridized carbons (Fsp3) is 0.455. The van der Waals surface area contributed by atoms with Gasteiger partial charge in [-0.1, -0.05) is 30.3 Å². The Bertz CT molecular complexity index is 271. The summed E-state index contributed by atoms with van der Waals surface area (Å²) in [5, 5.41) is 0. The average molecular weight is 193 g/mol. The van der Waals surface area contributed by atoms with Crippen molar-refractivity contribution in [2.75, 3.05) is 20.6 Å². The van der Waals surface area contributed by atoms with Crippen molar-refractivity contribution >= 4 is 0 Å². The Balaban J connectivity index is 2.99. The van der Waals surface area contributed by atoms with Gasteiger partial charge in [0, 0.05) is 6.54 Å². The molecular formula is C11H19N3. The van der Waals surface area contributed by atoms with Crippen molar-refractivity contribution in [3.8, 4) is 0 Å². The summed E-state index contributed by atoms with van der Waals surface area (Å²) in [6.45, 7) is 2.90. The summed E-state index contributed by atoms with van der Waals surface area (Å²) in [6, 6.07) is 10.4. The number of rotatable bonds is 4. The van der Waals surface area contributed by atoms with E-state index in [4.69, 9.17) is 5.84 Å². The molecule has 1 rings (SSSR count). The standard InChI is InChI=1S/C11H19N3/c1-11(9-13-12,14(2)3)10-7-5-4-6-8-10/h4-8,13H,9,12H2,1-3H3. The Hall–Kier alpha value is -0.900. The highest BCUT2D eigenvalue weighted by Crippen LogP contribution is 2.24. The molecule has 0 saturated heterocycles. The van der Waals surface area contributed by atoms with E-state index in [9.17, 15) is 0 Å². The van der Waals surface area contributed by atoms with Crippen molar-refractivity contribution in [1.29, 1.82) is 0 Å². The van der Waals surface area contributed by atoms with Crippen LogP contribution in [-0.4, -0.2) is 25.5 Å². The largest absolute Gasteiger partial charge is 0.299 e. The highest BCUT2D eigenvalue weighted by atomic mass is 15.3. The van der Waals surface area contributed by atoms with Crippen molar-refractivity contribution in [2.45, 2.75) is 12.5 Å². The van der Waals surface area contributed by atoms with Crippen molar-refractivity contribution in [3.63, 3.8) is 0 Å². The van der Waals surface area contributed by atoms with Gasteiger partial charge in [0.05, 0.1) is 5.54 Å². The summed E-state index contributed by atoms with van der Waals surface area (Å²) in [7, 11) is 4.12. The van der Waals surface area contributed by atoms with Gasteiger partial charge in [-0.3, -0.25) is 16.2 Å². The molecule has 3 N–H and O–H groups in total. The monoisotopic (exact) mass is 193 g/mol. The Morgan fingerprint density at radius 2 is 1.86 bits per heavy atom. The highest BCUT2D eigenvalue weighted by molar-refractivity contribution is 5.24. The van der Waals surface area contributed by atoms with E-state index < -0.39 is 0 Å². The third kappa shape index (κ3) is 2.12. The van der Waals surface area contributed by atoms with Crippen LogP contribution in [0.5, 0.6) is 0 Å². The molecule has 0 heterocycles. The van der Waals surface area contributed by atoms with E-state index in [0.29, 0.717) is 0 Å². The molecule has 0 bridgehead atoms. The minimum absolute atomic E-state index is 0.0595. The van der Waals surface area contributed by atoms with Crippen LogP contribution in [0, 0.1) is 0 Å². The first kappa shape index (κ1) is 11.2. The minimum Gasteiger partial charge on any atom is -0.299 e. The zero-order valence-corrected chi connectivity index (χ0v) is 9.12. The lowest BCUT2D eigenvalue weighted by Gasteiger charge is -2.36. The number of likely N-dealkylation sites (N-methyl/N-ethyl adjacent to an activating group) is 1. The van der Waals surface area contributed by atoms with E-state index >= 15 is 0 Å². The van der Waals surface area contributed by atoms with Gasteiger partial charge in [0.1, 0.15) is 0 Å². The molecule has 0 spiro atoms. The van der Waals surface area contributed by atoms with Crippen LogP contribution in [0.4, 0.5) is 0 Å². The topological polar surface area (TPSA) is 41.3 Å². The summed E-state index contributed by atoms with van der Waals surface area (Å²) in [5.74, 6) is 5.41. The van der Waals surface area contributed by atoms with Crippen LogP contribution in [0.3, 0.4) is 0 Å². The quantitative estimate of drug-likeness (QED) is 0.552. The third-order valence-corrected chi connectivity index (χ3v) is 2.83. The SMILES string of the molecule is CN(C)C(C)(CNN)c1ccccc1. The fourth-order valence-electron chi connectivity index (χ4n) is 1.51. The van der Waals surface area contributed by atoms with E-state index in [2.05, 4.69) is 43.5 Å². The molecule has 78 valence electrons. The second-order valence-electron chi connectivity index (χ2n) is 3.92. The van der Waals surface area contributed by atoms with Gasteiger partial charge in [-0.25, -0.2) is 0 Å². The minimum atomic E-state index is -0.0595. The maximum Gasteiger partial charge on any atom is 0.0566 e. The lowest BCUT2D eigenvalue weighted by Crippen LogP contribution is -2.48. The molecule has 3 heteroatoms. The molecule has 0 aliphatic carbocycles. The van der Waals surface area contributed by atoms with Gasteiger partial charge in [-0.2, -0.15) is 0 Å². The van der Waals surface area contributed by atoms with E-state index in [-0.39, 0.29) is 5.54 Å². The van der Waals surface area contributed by atoms with Gasteiger partial charge in [0.2, 0.25) is 0 Å². The third-order valence-electron chi connectivity index (χ3n) is 2.83. The first-order valence-corrected chi connectivity index (χ1v) is 4.77. The van der Waals surface area contributed by atoms with Gasteiger partial charge in [-0.15, -0.1) is 0 Å². The molecule has 0 radical (unpaired) electrons. The van der Waals surface area contributed by atoms with Crippen LogP contribution in [0.2, 0.25) is 0 Å². The van der Waals surface area contributed by atoms with Crippen molar-refractivity contribution in [2.24, 2.45) is 5.84 Å². The Morgan fingerprint density at radius 3 is 2.29 bits per heavy atom. The van der Waals surface area contributed by atoms with Crippen LogP contribution in [0.1, 0.15) is 12.5 Å². The molecular weight excluding hydrogens is 174 g/mol. The molecule has 3 nitrogen and oxygen atoms in total. The van der Waals surface area contributed by atoms with Crippen LogP contribution < -0.4 is 11.3 Å². The maximum atomic E-state index is 5.41. The number of nitrogens with one attached hydrogen (secondary N) is 1. The summed E-state index contributed by atoms with van der Waals surface area (Å²) in [6.07, 6.45) is 0. The van der Waals surface area contributed by atoms with Crippen LogP contribution in [0.15, 0.2) is 30.3 Å². The summed E-state index contributed by atoms with van der Waals surface area (Å²) in [4.78, 5) is 2.17. The number of hydrogen-bond donors (Lipinski definition) is 2. The smallest absolute Gasteiger partial charge is 0.0566 e. The molecule has 0 aromatic heterocycles. The van der Waals surface area contributed by atoms with Crippen molar-refractivity contribution in [3.05, 3.63) is 35.9 Å². The number of hydrazine groups is 1. The molecule has 1 aromatic carbocycles. The summed E-state index contributed by atoms with van der Waals surface area (Å²) >= 11 is 0. The predicted molar refractivity (Wildman–Crippen MR) is 59.7 cm³/mol. The lowest BCUT2D eigenvalue weighted by molar-refractivity contribution is 0.169. The fourth-order valence-corrected chi connectivity index (χ4v) is 1.51. The second kappa shape index (κ2) is 4.55. The molecule has 0 aliphatic heterocycles. The zero-order valence-electron chi connectivity index (χ0n) is 9.12. The Labute approximate surface area is 85.9 Å². The predicted octanol–water partition coefficient (Wildman–Crippen LogP) is 0.927. The first-order chi connectivity index (χ1) is 6.61. The van der Waals surface area contributed by atoms with Crippen molar-refractivity contribution in [1.82, 2.24) is 10.3 Å². The molecule has 0 amide bonds. The number of benzene rings is 1. The zero-order chi connectivity index (χ0) is 10.6.